The van der Waals surface area contributed by atoms with Crippen molar-refractivity contribution in [3.8, 4) is 0 Å². The van der Waals surface area contributed by atoms with E-state index in [0.29, 0.717) is 21.6 Å². The maximum absolute atomic E-state index is 13.8. The third-order valence-corrected chi connectivity index (χ3v) is 7.18. The Balaban J connectivity index is 1.92. The van der Waals surface area contributed by atoms with Crippen LogP contribution in [0.5, 0.6) is 0 Å². The monoisotopic (exact) mass is 435 g/mol. The minimum Gasteiger partial charge on any atom is -0.298 e. The second-order valence-corrected chi connectivity index (χ2v) is 9.60. The van der Waals surface area contributed by atoms with Crippen LogP contribution in [0.25, 0.3) is 0 Å². The Kier molecular flexibility index (Phi) is 4.47. The molecule has 0 spiro atoms. The molecule has 2 atom stereocenters. The van der Waals surface area contributed by atoms with Gasteiger partial charge in [-0.2, -0.15) is 0 Å². The highest BCUT2D eigenvalue weighted by Crippen LogP contribution is 2.49. The van der Waals surface area contributed by atoms with Gasteiger partial charge in [0.05, 0.1) is 21.8 Å². The summed E-state index contributed by atoms with van der Waals surface area (Å²) in [5, 5.41) is 0. The lowest BCUT2D eigenvalue weighted by atomic mass is 9.62. The Morgan fingerprint density at radius 2 is 2.00 bits per heavy atom. The van der Waals surface area contributed by atoms with E-state index in [0.717, 1.165) is 29.8 Å². The lowest BCUT2D eigenvalue weighted by Crippen LogP contribution is -2.47. The second kappa shape index (κ2) is 6.41. The van der Waals surface area contributed by atoms with E-state index in [9.17, 15) is 14.0 Å². The van der Waals surface area contributed by atoms with Crippen LogP contribution in [0.15, 0.2) is 38.9 Å². The van der Waals surface area contributed by atoms with E-state index in [1.165, 1.54) is 6.07 Å². The third kappa shape index (κ3) is 2.82. The van der Waals surface area contributed by atoms with E-state index in [1.807, 2.05) is 13.8 Å². The first kappa shape index (κ1) is 18.1. The number of aliphatic imine (C=N–C) groups is 1. The van der Waals surface area contributed by atoms with E-state index in [1.54, 1.807) is 23.9 Å². The highest BCUT2D eigenvalue weighted by Gasteiger charge is 2.49. The average Bonchev–Trinajstić information content (AvgIpc) is 2.60. The standard InChI is InChI=1S/C20H19BrFNO2S/c1-20(2)6-5-13-18(19(20)25)16(10-3-4-12(22)11(21)7-10)17-14(23-13)8-26-9-15(17)24/h3-4,7,16,18H,5-6,8-9H2,1-2H3. The van der Waals surface area contributed by atoms with Crippen molar-refractivity contribution in [3.05, 3.63) is 45.3 Å². The predicted molar refractivity (Wildman–Crippen MR) is 105 cm³/mol. The van der Waals surface area contributed by atoms with Crippen LogP contribution in [0.4, 0.5) is 4.39 Å². The van der Waals surface area contributed by atoms with Gasteiger partial charge >= 0.3 is 0 Å². The summed E-state index contributed by atoms with van der Waals surface area (Å²) < 4.78 is 14.1. The minimum atomic E-state index is -0.441. The van der Waals surface area contributed by atoms with Crippen LogP contribution < -0.4 is 0 Å². The van der Waals surface area contributed by atoms with E-state index in [-0.39, 0.29) is 23.3 Å². The molecule has 6 heteroatoms. The number of carbonyl (C=O) groups excluding carboxylic acids is 2. The van der Waals surface area contributed by atoms with Gasteiger partial charge in [0.25, 0.3) is 0 Å². The number of halogens is 2. The normalized spacial score (nSPS) is 27.8. The van der Waals surface area contributed by atoms with Crippen molar-refractivity contribution in [2.75, 3.05) is 11.5 Å². The van der Waals surface area contributed by atoms with Gasteiger partial charge in [0, 0.05) is 28.4 Å². The number of allylic oxidation sites excluding steroid dienone is 1. The van der Waals surface area contributed by atoms with Crippen molar-refractivity contribution in [2.45, 2.75) is 32.6 Å². The molecule has 1 aliphatic carbocycles. The molecule has 0 radical (unpaired) electrons. The molecule has 26 heavy (non-hydrogen) atoms. The Labute approximate surface area is 164 Å². The number of carbonyl (C=O) groups is 2. The molecule has 1 fully saturated rings. The lowest BCUT2D eigenvalue weighted by molar-refractivity contribution is -0.130. The van der Waals surface area contributed by atoms with Gasteiger partial charge in [-0.1, -0.05) is 19.9 Å². The Morgan fingerprint density at radius 3 is 2.73 bits per heavy atom. The zero-order chi connectivity index (χ0) is 18.6. The van der Waals surface area contributed by atoms with E-state index >= 15 is 0 Å². The fraction of sp³-hybridized carbons (Fsp3) is 0.450. The number of rotatable bonds is 1. The third-order valence-electron chi connectivity index (χ3n) is 5.62. The fourth-order valence-electron chi connectivity index (χ4n) is 4.17. The van der Waals surface area contributed by atoms with Crippen molar-refractivity contribution in [2.24, 2.45) is 16.3 Å². The summed E-state index contributed by atoms with van der Waals surface area (Å²) in [7, 11) is 0. The van der Waals surface area contributed by atoms with Crippen molar-refractivity contribution in [1.29, 1.82) is 0 Å². The molecule has 0 bridgehead atoms. The van der Waals surface area contributed by atoms with Crippen molar-refractivity contribution in [1.82, 2.24) is 0 Å². The Hall–Kier alpha value is -1.27. The predicted octanol–water partition coefficient (Wildman–Crippen LogP) is 4.70. The van der Waals surface area contributed by atoms with Gasteiger partial charge in [-0.25, -0.2) is 4.39 Å². The Morgan fingerprint density at radius 1 is 1.23 bits per heavy atom. The van der Waals surface area contributed by atoms with E-state index < -0.39 is 11.3 Å². The topological polar surface area (TPSA) is 46.5 Å². The molecule has 0 N–H and O–H groups in total. The molecule has 4 rings (SSSR count). The minimum absolute atomic E-state index is 0.0423. The van der Waals surface area contributed by atoms with Crippen molar-refractivity contribution < 1.29 is 14.0 Å². The molecule has 1 aromatic carbocycles. The van der Waals surface area contributed by atoms with Crippen molar-refractivity contribution >= 4 is 45.0 Å². The molecule has 0 saturated heterocycles. The van der Waals surface area contributed by atoms with Crippen LogP contribution in [0.2, 0.25) is 0 Å². The zero-order valence-corrected chi connectivity index (χ0v) is 17.0. The van der Waals surface area contributed by atoms with Gasteiger partial charge in [-0.3, -0.25) is 14.6 Å². The first-order valence-corrected chi connectivity index (χ1v) is 10.6. The molecular weight excluding hydrogens is 417 g/mol. The number of thioether (sulfide) groups is 1. The fourth-order valence-corrected chi connectivity index (χ4v) is 5.42. The number of hydrogen-bond donors (Lipinski definition) is 0. The molecular formula is C20H19BrFNO2S. The first-order valence-electron chi connectivity index (χ1n) is 8.70. The molecule has 1 aromatic rings. The van der Waals surface area contributed by atoms with Gasteiger partial charge in [-0.05, 0) is 46.5 Å². The van der Waals surface area contributed by atoms with Gasteiger partial charge in [0.1, 0.15) is 11.6 Å². The van der Waals surface area contributed by atoms with Crippen LogP contribution in [-0.4, -0.2) is 28.8 Å². The summed E-state index contributed by atoms with van der Waals surface area (Å²) in [6.45, 7) is 3.93. The van der Waals surface area contributed by atoms with Crippen LogP contribution in [-0.2, 0) is 9.59 Å². The van der Waals surface area contributed by atoms with Crippen LogP contribution in [0.1, 0.15) is 38.2 Å². The quantitative estimate of drug-likeness (QED) is 0.641. The molecule has 2 unspecified atom stereocenters. The maximum Gasteiger partial charge on any atom is 0.171 e. The smallest absolute Gasteiger partial charge is 0.171 e. The summed E-state index contributed by atoms with van der Waals surface area (Å²) in [5.74, 6) is 0.122. The summed E-state index contributed by atoms with van der Waals surface area (Å²) in [4.78, 5) is 30.8. The highest BCUT2D eigenvalue weighted by atomic mass is 79.9. The highest BCUT2D eigenvalue weighted by molar-refractivity contribution is 9.10. The number of Topliss-reactive ketones (excluding diaryl/α,β-unsaturated/α-hetero) is 2. The largest absolute Gasteiger partial charge is 0.298 e. The lowest BCUT2D eigenvalue weighted by Gasteiger charge is -2.42. The van der Waals surface area contributed by atoms with E-state index in [4.69, 9.17) is 4.99 Å². The first-order chi connectivity index (χ1) is 12.3. The van der Waals surface area contributed by atoms with Gasteiger partial charge in [0.15, 0.2) is 5.78 Å². The molecule has 3 aliphatic rings. The SMILES string of the molecule is CC1(C)CCC2=NC3=C(C(=O)CSC3)C(c3ccc(F)c(Br)c3)C2C1=O. The number of ketones is 2. The van der Waals surface area contributed by atoms with Crippen molar-refractivity contribution in [3.63, 3.8) is 0 Å². The molecule has 1 saturated carbocycles. The molecule has 3 nitrogen and oxygen atoms in total. The molecule has 136 valence electrons. The Bertz CT molecular complexity index is 890. The van der Waals surface area contributed by atoms with Crippen LogP contribution >= 0.6 is 27.7 Å². The van der Waals surface area contributed by atoms with E-state index in [2.05, 4.69) is 15.9 Å². The average molecular weight is 436 g/mol. The van der Waals surface area contributed by atoms with Gasteiger partial charge in [-0.15, -0.1) is 11.8 Å². The number of hydrogen-bond acceptors (Lipinski definition) is 4. The van der Waals surface area contributed by atoms with Gasteiger partial charge in [0.2, 0.25) is 0 Å². The van der Waals surface area contributed by atoms with Gasteiger partial charge < -0.3 is 0 Å². The number of nitrogens with zero attached hydrogens (tertiary/aromatic N) is 1. The van der Waals surface area contributed by atoms with Crippen LogP contribution in [0, 0.1) is 17.2 Å². The summed E-state index contributed by atoms with van der Waals surface area (Å²) in [6, 6.07) is 4.80. The summed E-state index contributed by atoms with van der Waals surface area (Å²) in [5.41, 5.74) is 2.70. The second-order valence-electron chi connectivity index (χ2n) is 7.76. The number of benzene rings is 1. The maximum atomic E-state index is 13.8. The molecule has 2 aliphatic heterocycles. The summed E-state index contributed by atoms with van der Waals surface area (Å²) >= 11 is 4.81. The summed E-state index contributed by atoms with van der Waals surface area (Å²) in [6.07, 6.45) is 1.53. The number of fused-ring (bicyclic) bond motifs is 1. The van der Waals surface area contributed by atoms with Crippen LogP contribution in [0.3, 0.4) is 0 Å². The zero-order valence-electron chi connectivity index (χ0n) is 14.6. The molecule has 0 amide bonds. The molecule has 0 aromatic heterocycles. The molecule has 2 heterocycles.